The van der Waals surface area contributed by atoms with Crippen LogP contribution in [-0.4, -0.2) is 60.2 Å². The summed E-state index contributed by atoms with van der Waals surface area (Å²) in [5.74, 6) is 0.598. The molecule has 0 bridgehead atoms. The summed E-state index contributed by atoms with van der Waals surface area (Å²) in [6.07, 6.45) is 6.83. The van der Waals surface area contributed by atoms with E-state index < -0.39 is 0 Å². The van der Waals surface area contributed by atoms with Crippen LogP contribution in [0.15, 0.2) is 0 Å². The van der Waals surface area contributed by atoms with Gasteiger partial charge in [-0.15, -0.1) is 0 Å². The van der Waals surface area contributed by atoms with Gasteiger partial charge < -0.3 is 14.6 Å². The highest BCUT2D eigenvalue weighted by Crippen LogP contribution is 2.47. The van der Waals surface area contributed by atoms with Gasteiger partial charge in [-0.25, -0.2) is 0 Å². The molecule has 0 aromatic carbocycles. The molecule has 0 aromatic rings. The SMILES string of the molecule is OC1(C2CC2)CN(C2CCOC3(CCOCC3)C2)C1. The molecule has 1 spiro atoms. The minimum absolute atomic E-state index is 0.0778. The molecule has 4 nitrogen and oxygen atoms in total. The van der Waals surface area contributed by atoms with E-state index in [1.807, 2.05) is 0 Å². The Hall–Kier alpha value is -0.160. The van der Waals surface area contributed by atoms with Gasteiger partial charge in [0.15, 0.2) is 0 Å². The summed E-state index contributed by atoms with van der Waals surface area (Å²) in [6.45, 7) is 4.37. The van der Waals surface area contributed by atoms with E-state index in [4.69, 9.17) is 9.47 Å². The van der Waals surface area contributed by atoms with E-state index in [9.17, 15) is 5.11 Å². The van der Waals surface area contributed by atoms with Crippen molar-refractivity contribution in [2.45, 2.75) is 55.8 Å². The molecule has 1 atom stereocenters. The predicted molar refractivity (Wildman–Crippen MR) is 71.0 cm³/mol. The van der Waals surface area contributed by atoms with Gasteiger partial charge in [-0.05, 0) is 44.4 Å². The first-order valence-electron chi connectivity index (χ1n) is 7.87. The van der Waals surface area contributed by atoms with E-state index in [1.165, 1.54) is 12.8 Å². The van der Waals surface area contributed by atoms with E-state index in [2.05, 4.69) is 4.90 Å². The maximum Gasteiger partial charge on any atom is 0.0928 e. The first-order chi connectivity index (χ1) is 9.19. The fourth-order valence-electron chi connectivity index (χ4n) is 4.20. The van der Waals surface area contributed by atoms with Gasteiger partial charge in [-0.2, -0.15) is 0 Å². The van der Waals surface area contributed by atoms with Gasteiger partial charge in [0.05, 0.1) is 11.2 Å². The van der Waals surface area contributed by atoms with E-state index >= 15 is 0 Å². The number of likely N-dealkylation sites (tertiary alicyclic amines) is 1. The molecule has 4 aliphatic rings. The van der Waals surface area contributed by atoms with Crippen LogP contribution in [0.4, 0.5) is 0 Å². The van der Waals surface area contributed by atoms with Crippen molar-refractivity contribution < 1.29 is 14.6 Å². The Kier molecular flexibility index (Phi) is 2.92. The second kappa shape index (κ2) is 4.42. The number of hydrogen-bond acceptors (Lipinski definition) is 4. The molecule has 108 valence electrons. The highest BCUT2D eigenvalue weighted by Gasteiger charge is 2.54. The standard InChI is InChI=1S/C15H25NO3/c17-15(12-1-2-12)10-16(11-15)13-3-6-19-14(9-13)4-7-18-8-5-14/h12-13,17H,1-11H2. The third-order valence-electron chi connectivity index (χ3n) is 5.68. The monoisotopic (exact) mass is 267 g/mol. The van der Waals surface area contributed by atoms with Gasteiger partial charge in [0.1, 0.15) is 0 Å². The molecule has 19 heavy (non-hydrogen) atoms. The summed E-state index contributed by atoms with van der Waals surface area (Å²) in [5.41, 5.74) is -0.268. The average molecular weight is 267 g/mol. The molecular formula is C15H25NO3. The Balaban J connectivity index is 1.37. The van der Waals surface area contributed by atoms with Gasteiger partial charge in [0.25, 0.3) is 0 Å². The number of ether oxygens (including phenoxy) is 2. The Morgan fingerprint density at radius 3 is 2.42 bits per heavy atom. The lowest BCUT2D eigenvalue weighted by molar-refractivity contribution is -0.185. The molecule has 1 saturated carbocycles. The van der Waals surface area contributed by atoms with Crippen molar-refractivity contribution in [1.29, 1.82) is 0 Å². The zero-order valence-electron chi connectivity index (χ0n) is 11.6. The van der Waals surface area contributed by atoms with Crippen LogP contribution in [0.1, 0.15) is 38.5 Å². The fourth-order valence-corrected chi connectivity index (χ4v) is 4.20. The molecule has 1 N–H and O–H groups in total. The second-order valence-electron chi connectivity index (χ2n) is 7.07. The molecule has 1 aliphatic carbocycles. The van der Waals surface area contributed by atoms with Gasteiger partial charge in [0, 0.05) is 39.0 Å². The molecule has 3 aliphatic heterocycles. The Morgan fingerprint density at radius 1 is 1.00 bits per heavy atom. The molecule has 4 heteroatoms. The summed E-state index contributed by atoms with van der Waals surface area (Å²) >= 11 is 0. The van der Waals surface area contributed by atoms with Crippen LogP contribution in [0, 0.1) is 5.92 Å². The van der Waals surface area contributed by atoms with Crippen molar-refractivity contribution in [3.8, 4) is 0 Å². The van der Waals surface area contributed by atoms with E-state index in [1.54, 1.807) is 0 Å². The number of rotatable bonds is 2. The summed E-state index contributed by atoms with van der Waals surface area (Å²) in [6, 6.07) is 0.617. The van der Waals surface area contributed by atoms with Crippen molar-refractivity contribution in [2.24, 2.45) is 5.92 Å². The van der Waals surface area contributed by atoms with Crippen molar-refractivity contribution in [3.63, 3.8) is 0 Å². The van der Waals surface area contributed by atoms with Crippen molar-refractivity contribution >= 4 is 0 Å². The van der Waals surface area contributed by atoms with Crippen LogP contribution in [0.25, 0.3) is 0 Å². The highest BCUT2D eigenvalue weighted by molar-refractivity contribution is 5.08. The van der Waals surface area contributed by atoms with Gasteiger partial charge >= 0.3 is 0 Å². The quantitative estimate of drug-likeness (QED) is 0.815. The number of β-amino-alcohol motifs (C(OH)–C–C–N with tert-alkyl or cyclic N) is 1. The number of hydrogen-bond donors (Lipinski definition) is 1. The number of aliphatic hydroxyl groups is 1. The lowest BCUT2D eigenvalue weighted by atomic mass is 9.80. The van der Waals surface area contributed by atoms with Gasteiger partial charge in [0.2, 0.25) is 0 Å². The first-order valence-corrected chi connectivity index (χ1v) is 7.87. The van der Waals surface area contributed by atoms with E-state index in [0.29, 0.717) is 12.0 Å². The highest BCUT2D eigenvalue weighted by atomic mass is 16.5. The molecule has 0 radical (unpaired) electrons. The van der Waals surface area contributed by atoms with Crippen LogP contribution >= 0.6 is 0 Å². The molecule has 1 unspecified atom stereocenters. The largest absolute Gasteiger partial charge is 0.387 e. The Morgan fingerprint density at radius 2 is 1.74 bits per heavy atom. The lowest BCUT2D eigenvalue weighted by Crippen LogP contribution is -2.67. The molecule has 0 amide bonds. The molecule has 3 heterocycles. The number of nitrogens with zero attached hydrogens (tertiary/aromatic N) is 1. The van der Waals surface area contributed by atoms with Gasteiger partial charge in [-0.1, -0.05) is 0 Å². The van der Waals surface area contributed by atoms with E-state index in [0.717, 1.165) is 58.6 Å². The summed E-state index contributed by atoms with van der Waals surface area (Å²) in [4.78, 5) is 2.50. The van der Waals surface area contributed by atoms with Crippen molar-refractivity contribution in [1.82, 2.24) is 4.90 Å². The van der Waals surface area contributed by atoms with E-state index in [-0.39, 0.29) is 11.2 Å². The van der Waals surface area contributed by atoms with Crippen LogP contribution < -0.4 is 0 Å². The van der Waals surface area contributed by atoms with Crippen molar-refractivity contribution in [2.75, 3.05) is 32.9 Å². The minimum atomic E-state index is -0.346. The summed E-state index contributed by atoms with van der Waals surface area (Å²) < 4.78 is 11.6. The third-order valence-corrected chi connectivity index (χ3v) is 5.68. The summed E-state index contributed by atoms with van der Waals surface area (Å²) in [7, 11) is 0. The lowest BCUT2D eigenvalue weighted by Gasteiger charge is -2.54. The third kappa shape index (κ3) is 2.23. The van der Waals surface area contributed by atoms with Crippen LogP contribution in [0.2, 0.25) is 0 Å². The zero-order chi connectivity index (χ0) is 12.9. The molecule has 4 fully saturated rings. The fraction of sp³-hybridized carbons (Fsp3) is 1.00. The summed E-state index contributed by atoms with van der Waals surface area (Å²) in [5, 5.41) is 10.5. The normalized spacial score (nSPS) is 38.1. The van der Waals surface area contributed by atoms with Crippen LogP contribution in [0.3, 0.4) is 0 Å². The first kappa shape index (κ1) is 12.6. The molecule has 3 saturated heterocycles. The van der Waals surface area contributed by atoms with Crippen molar-refractivity contribution in [3.05, 3.63) is 0 Å². The minimum Gasteiger partial charge on any atom is -0.387 e. The smallest absolute Gasteiger partial charge is 0.0928 e. The van der Waals surface area contributed by atoms with Gasteiger partial charge in [-0.3, -0.25) is 4.90 Å². The maximum absolute atomic E-state index is 10.5. The topological polar surface area (TPSA) is 41.9 Å². The molecule has 4 rings (SSSR count). The maximum atomic E-state index is 10.5. The van der Waals surface area contributed by atoms with Crippen LogP contribution in [-0.2, 0) is 9.47 Å². The Labute approximate surface area is 115 Å². The molecule has 0 aromatic heterocycles. The molecular weight excluding hydrogens is 242 g/mol. The van der Waals surface area contributed by atoms with Crippen LogP contribution in [0.5, 0.6) is 0 Å². The predicted octanol–water partition coefficient (Wildman–Crippen LogP) is 1.17. The Bertz CT molecular complexity index is 338. The second-order valence-corrected chi connectivity index (χ2v) is 7.07. The average Bonchev–Trinajstić information content (AvgIpc) is 3.20. The zero-order valence-corrected chi connectivity index (χ0v) is 11.6.